The van der Waals surface area contributed by atoms with Crippen molar-refractivity contribution in [2.24, 2.45) is 4.99 Å². The molecular formula is C17H29N3O. The van der Waals surface area contributed by atoms with Gasteiger partial charge in [0.05, 0.1) is 6.10 Å². The summed E-state index contributed by atoms with van der Waals surface area (Å²) in [5, 5.41) is 6.60. The predicted octanol–water partition coefficient (Wildman–Crippen LogP) is 2.78. The van der Waals surface area contributed by atoms with Crippen LogP contribution in [0.5, 0.6) is 0 Å². The van der Waals surface area contributed by atoms with Crippen molar-refractivity contribution in [1.82, 2.24) is 10.6 Å². The molecule has 2 rings (SSSR count). The van der Waals surface area contributed by atoms with Gasteiger partial charge in [0, 0.05) is 32.0 Å². The number of ether oxygens (including phenoxy) is 1. The second-order valence-corrected chi connectivity index (χ2v) is 5.93. The zero-order chi connectivity index (χ0) is 14.9. The van der Waals surface area contributed by atoms with Crippen LogP contribution in [0.1, 0.15) is 45.4 Å². The Hall–Kier alpha value is -1.13. The minimum Gasteiger partial charge on any atom is -0.376 e. The van der Waals surface area contributed by atoms with Crippen molar-refractivity contribution in [2.75, 3.05) is 26.2 Å². The molecule has 0 aromatic heterocycles. The number of hydrogen-bond acceptors (Lipinski definition) is 4. The van der Waals surface area contributed by atoms with Crippen LogP contribution in [-0.4, -0.2) is 38.1 Å². The maximum atomic E-state index is 5.72. The predicted molar refractivity (Wildman–Crippen MR) is 88.6 cm³/mol. The van der Waals surface area contributed by atoms with Gasteiger partial charge in [0.25, 0.3) is 0 Å². The van der Waals surface area contributed by atoms with E-state index >= 15 is 0 Å². The molecule has 0 atom stereocenters. The van der Waals surface area contributed by atoms with Crippen molar-refractivity contribution in [3.8, 4) is 0 Å². The summed E-state index contributed by atoms with van der Waals surface area (Å²) in [6.07, 6.45) is 9.22. The van der Waals surface area contributed by atoms with Crippen molar-refractivity contribution in [3.05, 3.63) is 24.0 Å². The highest BCUT2D eigenvalue weighted by molar-refractivity contribution is 5.95. The summed E-state index contributed by atoms with van der Waals surface area (Å²) < 4.78 is 5.72. The van der Waals surface area contributed by atoms with Gasteiger partial charge >= 0.3 is 0 Å². The summed E-state index contributed by atoms with van der Waals surface area (Å²) in [6.45, 7) is 10.0. The summed E-state index contributed by atoms with van der Waals surface area (Å²) in [5.74, 6) is 1.07. The highest BCUT2D eigenvalue weighted by Gasteiger charge is 2.16. The molecule has 0 spiro atoms. The first-order valence-electron chi connectivity index (χ1n) is 8.25. The van der Waals surface area contributed by atoms with Crippen LogP contribution in [0.15, 0.2) is 29.0 Å². The summed E-state index contributed by atoms with van der Waals surface area (Å²) in [6, 6.07) is 0. The number of aliphatic imine (C=N–C) groups is 1. The minimum atomic E-state index is 0.461. The monoisotopic (exact) mass is 291 g/mol. The fourth-order valence-corrected chi connectivity index (χ4v) is 2.53. The molecule has 2 aliphatic heterocycles. The second kappa shape index (κ2) is 9.00. The molecule has 0 unspecified atom stereocenters. The van der Waals surface area contributed by atoms with Gasteiger partial charge in [-0.15, -0.1) is 0 Å². The molecule has 1 saturated heterocycles. The van der Waals surface area contributed by atoms with Crippen molar-refractivity contribution in [1.29, 1.82) is 0 Å². The van der Waals surface area contributed by atoms with E-state index in [1.165, 1.54) is 18.4 Å². The van der Waals surface area contributed by atoms with Crippen molar-refractivity contribution in [2.45, 2.75) is 51.6 Å². The van der Waals surface area contributed by atoms with E-state index in [4.69, 9.17) is 9.73 Å². The smallest absolute Gasteiger partial charge is 0.125 e. The number of rotatable bonds is 9. The second-order valence-electron chi connectivity index (χ2n) is 5.93. The van der Waals surface area contributed by atoms with Crippen LogP contribution in [0.3, 0.4) is 0 Å². The van der Waals surface area contributed by atoms with Crippen molar-refractivity contribution in [3.63, 3.8) is 0 Å². The first kappa shape index (κ1) is 16.2. The molecule has 0 amide bonds. The summed E-state index contributed by atoms with van der Waals surface area (Å²) in [4.78, 5) is 4.73. The highest BCUT2D eigenvalue weighted by Crippen LogP contribution is 2.15. The van der Waals surface area contributed by atoms with E-state index in [1.807, 2.05) is 6.08 Å². The topological polar surface area (TPSA) is 45.6 Å². The van der Waals surface area contributed by atoms with Crippen LogP contribution < -0.4 is 10.6 Å². The number of hydrogen-bond donors (Lipinski definition) is 2. The van der Waals surface area contributed by atoms with Crippen molar-refractivity contribution < 1.29 is 4.74 Å². The van der Waals surface area contributed by atoms with Gasteiger partial charge in [-0.1, -0.05) is 13.0 Å². The zero-order valence-electron chi connectivity index (χ0n) is 13.3. The molecular weight excluding hydrogens is 262 g/mol. The third-order valence-corrected chi connectivity index (χ3v) is 4.09. The SMILES string of the molecule is C=C/C(CCCCCOC1CNC1)=N\C1=C(C)CCCN1. The van der Waals surface area contributed by atoms with Gasteiger partial charge in [-0.2, -0.15) is 0 Å². The fraction of sp³-hybridized carbons (Fsp3) is 0.706. The van der Waals surface area contributed by atoms with E-state index in [0.717, 1.165) is 63.5 Å². The van der Waals surface area contributed by atoms with E-state index in [1.54, 1.807) is 0 Å². The van der Waals surface area contributed by atoms with Gasteiger partial charge in [0.15, 0.2) is 0 Å². The number of nitrogens with one attached hydrogen (secondary N) is 2. The van der Waals surface area contributed by atoms with Crippen LogP contribution in [0.25, 0.3) is 0 Å². The Bertz CT molecular complexity index is 397. The van der Waals surface area contributed by atoms with Crippen LogP contribution in [0.4, 0.5) is 0 Å². The fourth-order valence-electron chi connectivity index (χ4n) is 2.53. The molecule has 2 heterocycles. The van der Waals surface area contributed by atoms with Gasteiger partial charge < -0.3 is 15.4 Å². The van der Waals surface area contributed by atoms with E-state index in [2.05, 4.69) is 24.1 Å². The Labute approximate surface area is 128 Å². The van der Waals surface area contributed by atoms with Gasteiger partial charge in [0.2, 0.25) is 0 Å². The van der Waals surface area contributed by atoms with Crippen LogP contribution in [-0.2, 0) is 4.74 Å². The van der Waals surface area contributed by atoms with Gasteiger partial charge in [-0.25, -0.2) is 4.99 Å². The molecule has 0 bridgehead atoms. The molecule has 4 heteroatoms. The maximum absolute atomic E-state index is 5.72. The Morgan fingerprint density at radius 2 is 2.24 bits per heavy atom. The molecule has 118 valence electrons. The Kier molecular flexibility index (Phi) is 6.96. The average Bonchev–Trinajstić information content (AvgIpc) is 2.45. The number of allylic oxidation sites excluding steroid dienone is 2. The lowest BCUT2D eigenvalue weighted by molar-refractivity contribution is 0.0170. The lowest BCUT2D eigenvalue weighted by atomic mass is 10.1. The molecule has 1 fully saturated rings. The van der Waals surface area contributed by atoms with Gasteiger partial charge in [-0.05, 0) is 50.7 Å². The third kappa shape index (κ3) is 5.64. The largest absolute Gasteiger partial charge is 0.376 e. The highest BCUT2D eigenvalue weighted by atomic mass is 16.5. The van der Waals surface area contributed by atoms with E-state index in [-0.39, 0.29) is 0 Å². The van der Waals surface area contributed by atoms with Crippen LogP contribution in [0, 0.1) is 0 Å². The average molecular weight is 291 g/mol. The molecule has 0 aromatic carbocycles. The molecule has 0 aliphatic carbocycles. The lowest BCUT2D eigenvalue weighted by Gasteiger charge is -2.27. The standard InChI is InChI=1S/C17H29N3O/c1-3-15(20-17-14(2)8-7-10-19-17)9-5-4-6-11-21-16-12-18-13-16/h3,16,18-19H,1,4-13H2,2H3/b20-15+. The minimum absolute atomic E-state index is 0.461. The summed E-state index contributed by atoms with van der Waals surface area (Å²) in [5.41, 5.74) is 2.46. The lowest BCUT2D eigenvalue weighted by Crippen LogP contribution is -2.48. The zero-order valence-corrected chi connectivity index (χ0v) is 13.3. The van der Waals surface area contributed by atoms with Crippen LogP contribution >= 0.6 is 0 Å². The summed E-state index contributed by atoms with van der Waals surface area (Å²) in [7, 11) is 0. The molecule has 0 aromatic rings. The first-order chi connectivity index (χ1) is 10.3. The molecule has 4 nitrogen and oxygen atoms in total. The molecule has 0 saturated carbocycles. The summed E-state index contributed by atoms with van der Waals surface area (Å²) >= 11 is 0. The first-order valence-corrected chi connectivity index (χ1v) is 8.25. The normalized spacial score (nSPS) is 20.1. The van der Waals surface area contributed by atoms with Crippen LogP contribution in [0.2, 0.25) is 0 Å². The quantitative estimate of drug-likeness (QED) is 0.507. The number of nitrogens with zero attached hydrogens (tertiary/aromatic N) is 1. The number of unbranched alkanes of at least 4 members (excludes halogenated alkanes) is 2. The van der Waals surface area contributed by atoms with Crippen molar-refractivity contribution >= 4 is 5.71 Å². The molecule has 21 heavy (non-hydrogen) atoms. The van der Waals surface area contributed by atoms with E-state index in [0.29, 0.717) is 6.10 Å². The van der Waals surface area contributed by atoms with Gasteiger partial charge in [0.1, 0.15) is 5.82 Å². The molecule has 2 aliphatic rings. The van der Waals surface area contributed by atoms with Gasteiger partial charge in [-0.3, -0.25) is 0 Å². The molecule has 2 N–H and O–H groups in total. The molecule has 0 radical (unpaired) electrons. The Balaban J connectivity index is 1.63. The Morgan fingerprint density at radius 1 is 1.38 bits per heavy atom. The van der Waals surface area contributed by atoms with E-state index < -0.39 is 0 Å². The third-order valence-electron chi connectivity index (χ3n) is 4.09. The Morgan fingerprint density at radius 3 is 2.90 bits per heavy atom. The maximum Gasteiger partial charge on any atom is 0.125 e. The van der Waals surface area contributed by atoms with E-state index in [9.17, 15) is 0 Å².